The summed E-state index contributed by atoms with van der Waals surface area (Å²) in [5.41, 5.74) is 1.04. The van der Waals surface area contributed by atoms with Crippen LogP contribution in [0.1, 0.15) is 37.7 Å². The summed E-state index contributed by atoms with van der Waals surface area (Å²) in [6.45, 7) is 1.93. The second-order valence-electron chi connectivity index (χ2n) is 5.27. The number of rotatable bonds is 2. The minimum atomic E-state index is -3.39. The fourth-order valence-corrected chi connectivity index (χ4v) is 4.67. The highest BCUT2D eigenvalue weighted by atomic mass is 32.2. The molecule has 0 bridgehead atoms. The Morgan fingerprint density at radius 2 is 1.74 bits per heavy atom. The van der Waals surface area contributed by atoms with Crippen LogP contribution in [0.15, 0.2) is 29.2 Å². The van der Waals surface area contributed by atoms with E-state index in [1.165, 1.54) is 0 Å². The Kier molecular flexibility index (Phi) is 4.26. The highest BCUT2D eigenvalue weighted by Gasteiger charge is 2.35. The third-order valence-electron chi connectivity index (χ3n) is 3.87. The van der Waals surface area contributed by atoms with E-state index in [9.17, 15) is 13.7 Å². The first-order valence-corrected chi connectivity index (χ1v) is 8.30. The molecule has 0 N–H and O–H groups in total. The Balaban J connectivity index is 2.36. The van der Waals surface area contributed by atoms with E-state index < -0.39 is 15.1 Å². The summed E-state index contributed by atoms with van der Waals surface area (Å²) in [5.74, 6) is -0.367. The van der Waals surface area contributed by atoms with Crippen molar-refractivity contribution in [3.05, 3.63) is 29.8 Å². The van der Waals surface area contributed by atoms with Crippen LogP contribution in [0.25, 0.3) is 0 Å². The molecule has 0 aromatic heterocycles. The number of hydrogen-bond donors (Lipinski definition) is 0. The summed E-state index contributed by atoms with van der Waals surface area (Å²) in [4.78, 5) is 0.352. The predicted molar refractivity (Wildman–Crippen MR) is 74.3 cm³/mol. The predicted octanol–water partition coefficient (Wildman–Crippen LogP) is 3.24. The van der Waals surface area contributed by atoms with E-state index in [4.69, 9.17) is 0 Å². The molecule has 19 heavy (non-hydrogen) atoms. The van der Waals surface area contributed by atoms with E-state index in [2.05, 4.69) is 6.07 Å². The van der Waals surface area contributed by atoms with Crippen molar-refractivity contribution in [2.24, 2.45) is 5.92 Å². The lowest BCUT2D eigenvalue weighted by atomic mass is 10.0. The Morgan fingerprint density at radius 3 is 2.37 bits per heavy atom. The maximum atomic E-state index is 12.7. The summed E-state index contributed by atoms with van der Waals surface area (Å²) in [7, 11) is -3.39. The zero-order valence-corrected chi connectivity index (χ0v) is 12.0. The first-order chi connectivity index (χ1) is 9.05. The molecule has 1 aliphatic rings. The number of sulfone groups is 1. The Bertz CT molecular complexity index is 569. The average molecular weight is 277 g/mol. The molecule has 1 fully saturated rings. The maximum absolute atomic E-state index is 12.7. The van der Waals surface area contributed by atoms with Crippen molar-refractivity contribution in [1.29, 1.82) is 5.26 Å². The molecule has 1 aliphatic carbocycles. The minimum absolute atomic E-state index is 0.352. The lowest BCUT2D eigenvalue weighted by Gasteiger charge is -2.19. The second kappa shape index (κ2) is 5.75. The van der Waals surface area contributed by atoms with Crippen molar-refractivity contribution >= 4 is 9.84 Å². The van der Waals surface area contributed by atoms with Gasteiger partial charge in [0.15, 0.2) is 9.84 Å². The molecular weight excluding hydrogens is 258 g/mol. The lowest BCUT2D eigenvalue weighted by Crippen LogP contribution is -2.28. The largest absolute Gasteiger partial charge is 0.223 e. The monoisotopic (exact) mass is 277 g/mol. The van der Waals surface area contributed by atoms with Gasteiger partial charge in [-0.15, -0.1) is 0 Å². The second-order valence-corrected chi connectivity index (χ2v) is 7.44. The van der Waals surface area contributed by atoms with Gasteiger partial charge in [-0.25, -0.2) is 8.42 Å². The van der Waals surface area contributed by atoms with Gasteiger partial charge in [0.05, 0.1) is 22.1 Å². The number of hydrogen-bond acceptors (Lipinski definition) is 3. The van der Waals surface area contributed by atoms with Crippen LogP contribution in [0.3, 0.4) is 0 Å². The van der Waals surface area contributed by atoms with Crippen molar-refractivity contribution in [3.8, 4) is 6.07 Å². The fourth-order valence-electron chi connectivity index (χ4n) is 2.70. The molecule has 2 unspecified atom stereocenters. The molecule has 0 saturated heterocycles. The molecule has 1 aromatic carbocycles. The van der Waals surface area contributed by atoms with Crippen LogP contribution in [0, 0.1) is 24.2 Å². The molecule has 1 saturated carbocycles. The molecule has 3 nitrogen and oxygen atoms in total. The van der Waals surface area contributed by atoms with Crippen molar-refractivity contribution in [2.75, 3.05) is 0 Å². The van der Waals surface area contributed by atoms with Crippen LogP contribution in [-0.4, -0.2) is 13.7 Å². The normalized spacial score (nSPS) is 24.4. The van der Waals surface area contributed by atoms with Crippen LogP contribution < -0.4 is 0 Å². The summed E-state index contributed by atoms with van der Waals surface area (Å²) in [5, 5.41) is 8.69. The zero-order valence-electron chi connectivity index (χ0n) is 11.2. The van der Waals surface area contributed by atoms with E-state index in [0.717, 1.165) is 24.8 Å². The molecule has 1 aromatic rings. The summed E-state index contributed by atoms with van der Waals surface area (Å²) < 4.78 is 25.3. The van der Waals surface area contributed by atoms with Gasteiger partial charge >= 0.3 is 0 Å². The lowest BCUT2D eigenvalue weighted by molar-refractivity contribution is 0.523. The van der Waals surface area contributed by atoms with Crippen molar-refractivity contribution in [1.82, 2.24) is 0 Å². The van der Waals surface area contributed by atoms with Crippen LogP contribution in [-0.2, 0) is 9.84 Å². The van der Waals surface area contributed by atoms with Crippen LogP contribution in [0.5, 0.6) is 0 Å². The molecule has 2 rings (SSSR count). The molecule has 4 heteroatoms. The van der Waals surface area contributed by atoms with Crippen LogP contribution >= 0.6 is 0 Å². The van der Waals surface area contributed by atoms with E-state index in [1.54, 1.807) is 12.1 Å². The van der Waals surface area contributed by atoms with E-state index in [0.29, 0.717) is 17.7 Å². The van der Waals surface area contributed by atoms with Gasteiger partial charge in [0.25, 0.3) is 0 Å². The summed E-state index contributed by atoms with van der Waals surface area (Å²) in [6, 6.07) is 9.14. The molecule has 0 heterocycles. The highest BCUT2D eigenvalue weighted by Crippen LogP contribution is 2.31. The molecule has 102 valence electrons. The summed E-state index contributed by atoms with van der Waals surface area (Å²) in [6.07, 6.45) is 4.19. The van der Waals surface area contributed by atoms with Gasteiger partial charge in [0, 0.05) is 0 Å². The number of nitrogens with zero attached hydrogens (tertiary/aromatic N) is 1. The average Bonchev–Trinajstić information content (AvgIpc) is 2.64. The first kappa shape index (κ1) is 14.1. The van der Waals surface area contributed by atoms with Gasteiger partial charge in [-0.2, -0.15) is 5.26 Å². The molecule has 0 amide bonds. The van der Waals surface area contributed by atoms with Gasteiger partial charge in [0.2, 0.25) is 0 Å². The van der Waals surface area contributed by atoms with Gasteiger partial charge < -0.3 is 0 Å². The quantitative estimate of drug-likeness (QED) is 0.780. The van der Waals surface area contributed by atoms with E-state index in [1.807, 2.05) is 19.1 Å². The van der Waals surface area contributed by atoms with Gasteiger partial charge in [0.1, 0.15) is 0 Å². The standard InChI is InChI=1S/C15H19NO2S/c1-12-7-9-14(10-8-12)19(17,18)15-6-4-2-3-5-13(15)11-16/h7-10,13,15H,2-6H2,1H3. The van der Waals surface area contributed by atoms with Gasteiger partial charge in [-0.1, -0.05) is 37.0 Å². The minimum Gasteiger partial charge on any atom is -0.223 e. The molecule has 0 radical (unpaired) electrons. The number of nitriles is 1. The number of aryl methyl sites for hydroxylation is 1. The Labute approximate surface area is 115 Å². The SMILES string of the molecule is Cc1ccc(S(=O)(=O)C2CCCCCC2C#N)cc1. The topological polar surface area (TPSA) is 57.9 Å². The maximum Gasteiger partial charge on any atom is 0.182 e. The fraction of sp³-hybridized carbons (Fsp3) is 0.533. The van der Waals surface area contributed by atoms with Gasteiger partial charge in [-0.05, 0) is 31.9 Å². The van der Waals surface area contributed by atoms with E-state index in [-0.39, 0.29) is 5.92 Å². The Hall–Kier alpha value is -1.34. The van der Waals surface area contributed by atoms with Crippen molar-refractivity contribution in [2.45, 2.75) is 49.2 Å². The first-order valence-electron chi connectivity index (χ1n) is 6.76. The van der Waals surface area contributed by atoms with Crippen molar-refractivity contribution in [3.63, 3.8) is 0 Å². The third kappa shape index (κ3) is 2.98. The molecule has 0 spiro atoms. The summed E-state index contributed by atoms with van der Waals surface area (Å²) >= 11 is 0. The highest BCUT2D eigenvalue weighted by molar-refractivity contribution is 7.92. The third-order valence-corrected chi connectivity index (χ3v) is 6.16. The van der Waals surface area contributed by atoms with Crippen molar-refractivity contribution < 1.29 is 8.42 Å². The molecular formula is C15H19NO2S. The van der Waals surface area contributed by atoms with Crippen LogP contribution in [0.2, 0.25) is 0 Å². The Morgan fingerprint density at radius 1 is 1.11 bits per heavy atom. The van der Waals surface area contributed by atoms with Crippen LogP contribution in [0.4, 0.5) is 0 Å². The van der Waals surface area contributed by atoms with Gasteiger partial charge in [-0.3, -0.25) is 0 Å². The smallest absolute Gasteiger partial charge is 0.182 e. The van der Waals surface area contributed by atoms with E-state index >= 15 is 0 Å². The number of benzene rings is 1. The molecule has 0 aliphatic heterocycles. The zero-order chi connectivity index (χ0) is 13.9. The molecule has 2 atom stereocenters.